The maximum absolute atomic E-state index is 11.6. The van der Waals surface area contributed by atoms with E-state index in [1.807, 2.05) is 0 Å². The molecule has 148 valence electrons. The van der Waals surface area contributed by atoms with Gasteiger partial charge in [-0.05, 0) is 45.8 Å². The molecule has 26 heavy (non-hydrogen) atoms. The first kappa shape index (κ1) is 23.3. The van der Waals surface area contributed by atoms with Crippen LogP contribution in [0.4, 0.5) is 0 Å². The second-order valence-corrected chi connectivity index (χ2v) is 5.67. The zero-order valence-corrected chi connectivity index (χ0v) is 14.6. The Morgan fingerprint density at radius 2 is 1.73 bits per heavy atom. The van der Waals surface area contributed by atoms with Crippen molar-refractivity contribution in [2.45, 2.75) is 38.1 Å². The summed E-state index contributed by atoms with van der Waals surface area (Å²) in [6, 6.07) is 0.281. The lowest BCUT2D eigenvalue weighted by atomic mass is 10.1. The quantitative estimate of drug-likeness (QED) is 0.223. The first-order valence-corrected chi connectivity index (χ1v) is 8.10. The fourth-order valence-corrected chi connectivity index (χ4v) is 2.12. The minimum absolute atomic E-state index is 0.0330. The van der Waals surface area contributed by atoms with Gasteiger partial charge in [0.25, 0.3) is 5.09 Å². The van der Waals surface area contributed by atoms with Gasteiger partial charge in [-0.2, -0.15) is 0 Å². The molecule has 1 amide bonds. The lowest BCUT2D eigenvalue weighted by Gasteiger charge is -2.29. The van der Waals surface area contributed by atoms with Gasteiger partial charge in [-0.3, -0.25) is 4.79 Å². The minimum atomic E-state index is -1.26. The van der Waals surface area contributed by atoms with E-state index in [2.05, 4.69) is 22.1 Å². The summed E-state index contributed by atoms with van der Waals surface area (Å²) >= 11 is 0. The molecule has 1 aliphatic rings. The first-order valence-electron chi connectivity index (χ1n) is 8.10. The van der Waals surface area contributed by atoms with Crippen molar-refractivity contribution >= 4 is 17.8 Å². The Morgan fingerprint density at radius 3 is 2.19 bits per heavy atom. The Balaban J connectivity index is 0.000000660. The summed E-state index contributed by atoms with van der Waals surface area (Å²) in [6.45, 7) is 2.09. The van der Waals surface area contributed by atoms with E-state index in [0.717, 1.165) is 25.9 Å². The van der Waals surface area contributed by atoms with Crippen LogP contribution in [-0.4, -0.2) is 70.8 Å². The minimum Gasteiger partial charge on any atom is -0.478 e. The highest BCUT2D eigenvalue weighted by molar-refractivity contribution is 5.89. The third-order valence-corrected chi connectivity index (χ3v) is 3.45. The lowest BCUT2D eigenvalue weighted by Crippen LogP contribution is -2.43. The van der Waals surface area contributed by atoms with Crippen molar-refractivity contribution in [1.29, 1.82) is 0 Å². The number of unbranched alkanes of at least 4 members (excludes halogenated alkanes) is 1. The van der Waals surface area contributed by atoms with Gasteiger partial charge in [0.1, 0.15) is 0 Å². The summed E-state index contributed by atoms with van der Waals surface area (Å²) < 4.78 is 0. The summed E-state index contributed by atoms with van der Waals surface area (Å²) in [4.78, 5) is 47.0. The number of carboxylic acid groups (broad SMARTS) is 2. The fourth-order valence-electron chi connectivity index (χ4n) is 2.12. The van der Waals surface area contributed by atoms with Crippen LogP contribution in [0.5, 0.6) is 0 Å². The number of likely N-dealkylation sites (tertiary alicyclic amines) is 1. The molecule has 0 aromatic carbocycles. The molecule has 11 nitrogen and oxygen atoms in total. The van der Waals surface area contributed by atoms with Crippen LogP contribution in [0.15, 0.2) is 12.2 Å². The van der Waals surface area contributed by atoms with Gasteiger partial charge < -0.3 is 25.3 Å². The highest BCUT2D eigenvalue weighted by Gasteiger charge is 2.17. The standard InChI is InChI=1S/C11H21N3O4.C4H4O4/c1-13-7-5-10(6-8-13)12-11(15)4-2-3-9-18-14(16)17;5-3(6)1-2-4(7)8/h10H,2-9H2,1H3,(H,12,15);1-2H,(H,5,6)(H,7,8). The van der Waals surface area contributed by atoms with Crippen molar-refractivity contribution in [1.82, 2.24) is 10.2 Å². The second-order valence-electron chi connectivity index (χ2n) is 5.67. The summed E-state index contributed by atoms with van der Waals surface area (Å²) in [5.41, 5.74) is 0. The van der Waals surface area contributed by atoms with Crippen LogP contribution in [0.25, 0.3) is 0 Å². The average Bonchev–Trinajstić information content (AvgIpc) is 2.55. The molecule has 11 heteroatoms. The van der Waals surface area contributed by atoms with E-state index in [9.17, 15) is 24.5 Å². The van der Waals surface area contributed by atoms with E-state index >= 15 is 0 Å². The van der Waals surface area contributed by atoms with Gasteiger partial charge in [0.2, 0.25) is 5.91 Å². The van der Waals surface area contributed by atoms with E-state index in [0.29, 0.717) is 31.4 Å². The van der Waals surface area contributed by atoms with Gasteiger partial charge in [0.15, 0.2) is 0 Å². The van der Waals surface area contributed by atoms with Crippen LogP contribution in [0, 0.1) is 10.1 Å². The highest BCUT2D eigenvalue weighted by atomic mass is 16.9. The molecule has 0 spiro atoms. The van der Waals surface area contributed by atoms with Gasteiger partial charge in [-0.15, -0.1) is 10.1 Å². The molecule has 0 unspecified atom stereocenters. The fraction of sp³-hybridized carbons (Fsp3) is 0.667. The summed E-state index contributed by atoms with van der Waals surface area (Å²) in [6.07, 6.45) is 4.66. The van der Waals surface area contributed by atoms with E-state index in [4.69, 9.17) is 10.2 Å². The topological polar surface area (TPSA) is 159 Å². The van der Waals surface area contributed by atoms with Crippen molar-refractivity contribution in [3.63, 3.8) is 0 Å². The number of nitrogens with zero attached hydrogens (tertiary/aromatic N) is 2. The Hall–Kier alpha value is -2.69. The summed E-state index contributed by atoms with van der Waals surface area (Å²) in [7, 11) is 2.08. The van der Waals surface area contributed by atoms with Crippen LogP contribution in [0.2, 0.25) is 0 Å². The zero-order chi connectivity index (χ0) is 19.9. The molecule has 0 aliphatic carbocycles. The number of hydrogen-bond donors (Lipinski definition) is 3. The van der Waals surface area contributed by atoms with E-state index in [1.54, 1.807) is 0 Å². The van der Waals surface area contributed by atoms with Crippen molar-refractivity contribution < 1.29 is 34.5 Å². The van der Waals surface area contributed by atoms with Gasteiger partial charge in [-0.25, -0.2) is 9.59 Å². The SMILES string of the molecule is CN1CCC(NC(=O)CCCCO[N+](=O)[O-])CC1.O=C(O)C=CC(=O)O. The largest absolute Gasteiger partial charge is 0.478 e. The zero-order valence-electron chi connectivity index (χ0n) is 14.6. The predicted molar refractivity (Wildman–Crippen MR) is 89.9 cm³/mol. The predicted octanol–water partition coefficient (Wildman–Crippen LogP) is 0.287. The maximum atomic E-state index is 11.6. The summed E-state index contributed by atoms with van der Waals surface area (Å²) in [5, 5.41) is 27.7. The number of nitrogens with one attached hydrogen (secondary N) is 1. The number of hydrogen-bond acceptors (Lipinski definition) is 7. The first-order chi connectivity index (χ1) is 12.2. The third-order valence-electron chi connectivity index (χ3n) is 3.45. The molecule has 1 saturated heterocycles. The average molecular weight is 375 g/mol. The number of piperidine rings is 1. The third kappa shape index (κ3) is 14.9. The molecular weight excluding hydrogens is 350 g/mol. The molecule has 1 aliphatic heterocycles. The normalized spacial score (nSPS) is 15.0. The molecular formula is C15H25N3O8. The highest BCUT2D eigenvalue weighted by Crippen LogP contribution is 2.08. The number of amides is 1. The molecule has 0 aromatic rings. The van der Waals surface area contributed by atoms with Crippen molar-refractivity contribution in [3.05, 3.63) is 22.3 Å². The number of aliphatic carboxylic acids is 2. The van der Waals surface area contributed by atoms with Crippen LogP contribution in [0.1, 0.15) is 32.1 Å². The maximum Gasteiger partial charge on any atom is 0.328 e. The number of carbonyl (C=O) groups is 3. The second kappa shape index (κ2) is 13.6. The number of rotatable bonds is 9. The van der Waals surface area contributed by atoms with E-state index in [1.165, 1.54) is 0 Å². The van der Waals surface area contributed by atoms with Crippen molar-refractivity contribution in [2.75, 3.05) is 26.7 Å². The van der Waals surface area contributed by atoms with E-state index < -0.39 is 17.0 Å². The van der Waals surface area contributed by atoms with Gasteiger partial charge in [-0.1, -0.05) is 0 Å². The van der Waals surface area contributed by atoms with E-state index in [-0.39, 0.29) is 18.6 Å². The Bertz CT molecular complexity index is 485. The van der Waals surface area contributed by atoms with Crippen LogP contribution >= 0.6 is 0 Å². The molecule has 1 rings (SSSR count). The Morgan fingerprint density at radius 1 is 1.19 bits per heavy atom. The molecule has 0 radical (unpaired) electrons. The van der Waals surface area contributed by atoms with Crippen LogP contribution < -0.4 is 5.32 Å². The van der Waals surface area contributed by atoms with Crippen molar-refractivity contribution in [2.24, 2.45) is 0 Å². The molecule has 3 N–H and O–H groups in total. The number of carboxylic acids is 2. The van der Waals surface area contributed by atoms with Crippen LogP contribution in [0.3, 0.4) is 0 Å². The van der Waals surface area contributed by atoms with Crippen LogP contribution in [-0.2, 0) is 19.2 Å². The monoisotopic (exact) mass is 375 g/mol. The Labute approximate surface area is 150 Å². The molecule has 0 saturated carbocycles. The number of carbonyl (C=O) groups excluding carboxylic acids is 1. The molecule has 0 aromatic heterocycles. The summed E-state index contributed by atoms with van der Waals surface area (Å²) in [5.74, 6) is -2.48. The molecule has 0 atom stereocenters. The molecule has 0 bridgehead atoms. The van der Waals surface area contributed by atoms with Gasteiger partial charge in [0.05, 0.1) is 6.61 Å². The lowest BCUT2D eigenvalue weighted by molar-refractivity contribution is -0.757. The molecule has 1 fully saturated rings. The van der Waals surface area contributed by atoms with Gasteiger partial charge in [0, 0.05) is 24.6 Å². The Kier molecular flexibility index (Phi) is 12.2. The van der Waals surface area contributed by atoms with Crippen molar-refractivity contribution in [3.8, 4) is 0 Å². The smallest absolute Gasteiger partial charge is 0.328 e. The van der Waals surface area contributed by atoms with Gasteiger partial charge >= 0.3 is 11.9 Å². The molecule has 1 heterocycles.